The normalized spacial score (nSPS) is 21.3. The maximum Gasteiger partial charge on any atom is 0.329 e. The maximum atomic E-state index is 12.8. The first kappa shape index (κ1) is 25.0. The summed E-state index contributed by atoms with van der Waals surface area (Å²) in [5.74, 6) is 1.56. The van der Waals surface area contributed by atoms with Crippen LogP contribution >= 0.6 is 11.8 Å². The van der Waals surface area contributed by atoms with Gasteiger partial charge in [0.1, 0.15) is 6.04 Å². The summed E-state index contributed by atoms with van der Waals surface area (Å²) < 4.78 is 4.88. The minimum atomic E-state index is -0.650. The summed E-state index contributed by atoms with van der Waals surface area (Å²) in [4.78, 5) is 39.3. The van der Waals surface area contributed by atoms with Crippen LogP contribution in [0, 0.1) is 11.3 Å². The van der Waals surface area contributed by atoms with Crippen LogP contribution < -0.4 is 5.32 Å². The van der Waals surface area contributed by atoms with Crippen molar-refractivity contribution in [1.82, 2.24) is 10.2 Å². The highest BCUT2D eigenvalue weighted by atomic mass is 32.2. The van der Waals surface area contributed by atoms with Crippen LogP contribution in [0.4, 0.5) is 0 Å². The van der Waals surface area contributed by atoms with E-state index < -0.39 is 12.0 Å². The number of esters is 1. The molecular weight excluding hydrogens is 400 g/mol. The zero-order valence-electron chi connectivity index (χ0n) is 19.2. The van der Waals surface area contributed by atoms with Crippen molar-refractivity contribution in [1.29, 1.82) is 0 Å². The van der Waals surface area contributed by atoms with Crippen LogP contribution in [0.5, 0.6) is 0 Å². The zero-order valence-corrected chi connectivity index (χ0v) is 20.0. The quantitative estimate of drug-likeness (QED) is 0.552. The molecule has 2 rings (SSSR count). The fraction of sp³-hybridized carbons (Fsp3) is 0.870. The summed E-state index contributed by atoms with van der Waals surface area (Å²) in [7, 11) is 1.35. The number of carbonyl (C=O) groups excluding carboxylic acids is 3. The van der Waals surface area contributed by atoms with Crippen molar-refractivity contribution in [2.45, 2.75) is 90.6 Å². The molecule has 0 radical (unpaired) electrons. The van der Waals surface area contributed by atoms with Crippen LogP contribution in [-0.4, -0.2) is 59.9 Å². The molecule has 6 nitrogen and oxygen atoms in total. The van der Waals surface area contributed by atoms with Gasteiger partial charge in [0.2, 0.25) is 11.8 Å². The summed E-state index contributed by atoms with van der Waals surface area (Å²) in [5, 5.41) is 2.82. The van der Waals surface area contributed by atoms with E-state index in [1.54, 1.807) is 11.8 Å². The number of nitrogens with one attached hydrogen (secondary N) is 1. The third-order valence-corrected chi connectivity index (χ3v) is 7.18. The first-order valence-corrected chi connectivity index (χ1v) is 12.6. The smallest absolute Gasteiger partial charge is 0.329 e. The van der Waals surface area contributed by atoms with Gasteiger partial charge in [-0.25, -0.2) is 4.79 Å². The van der Waals surface area contributed by atoms with Crippen molar-refractivity contribution >= 4 is 29.5 Å². The lowest BCUT2D eigenvalue weighted by molar-refractivity contribution is -0.144. The maximum absolute atomic E-state index is 12.8. The molecule has 1 heterocycles. The number of rotatable bonds is 9. The van der Waals surface area contributed by atoms with E-state index in [4.69, 9.17) is 4.74 Å². The molecule has 2 amide bonds. The van der Waals surface area contributed by atoms with Crippen molar-refractivity contribution in [2.24, 2.45) is 11.3 Å². The Balaban J connectivity index is 1.81. The van der Waals surface area contributed by atoms with Gasteiger partial charge in [-0.3, -0.25) is 9.59 Å². The van der Waals surface area contributed by atoms with Gasteiger partial charge >= 0.3 is 5.97 Å². The average Bonchev–Trinajstić information content (AvgIpc) is 3.14. The molecule has 2 aliphatic rings. The number of methoxy groups -OCH3 is 1. The van der Waals surface area contributed by atoms with Crippen LogP contribution in [0.25, 0.3) is 0 Å². The van der Waals surface area contributed by atoms with Crippen LogP contribution in [0.2, 0.25) is 0 Å². The van der Waals surface area contributed by atoms with E-state index in [0.29, 0.717) is 30.4 Å². The number of hydrogen-bond acceptors (Lipinski definition) is 5. The second-order valence-corrected chi connectivity index (χ2v) is 11.1. The van der Waals surface area contributed by atoms with Crippen LogP contribution in [-0.2, 0) is 19.1 Å². The molecule has 0 bridgehead atoms. The molecule has 1 saturated heterocycles. The van der Waals surface area contributed by atoms with Crippen molar-refractivity contribution in [3.8, 4) is 0 Å². The molecule has 0 aromatic carbocycles. The van der Waals surface area contributed by atoms with E-state index >= 15 is 0 Å². The number of hydrogen-bond donors (Lipinski definition) is 1. The van der Waals surface area contributed by atoms with Gasteiger partial charge in [-0.15, -0.1) is 0 Å². The average molecular weight is 441 g/mol. The highest BCUT2D eigenvalue weighted by molar-refractivity contribution is 7.99. The topological polar surface area (TPSA) is 75.7 Å². The summed E-state index contributed by atoms with van der Waals surface area (Å²) in [6, 6.07) is -0.419. The van der Waals surface area contributed by atoms with E-state index in [2.05, 4.69) is 10.2 Å². The first-order valence-electron chi connectivity index (χ1n) is 11.4. The molecule has 0 spiro atoms. The van der Waals surface area contributed by atoms with Gasteiger partial charge in [0.15, 0.2) is 0 Å². The monoisotopic (exact) mass is 440 g/mol. The zero-order chi connectivity index (χ0) is 22.1. The molecular formula is C23H40N2O4S. The summed E-state index contributed by atoms with van der Waals surface area (Å²) >= 11 is 1.62. The minimum absolute atomic E-state index is 0.136. The number of ether oxygens (including phenoxy) is 1. The van der Waals surface area contributed by atoms with E-state index in [9.17, 15) is 14.4 Å². The van der Waals surface area contributed by atoms with Crippen molar-refractivity contribution in [2.75, 3.05) is 25.2 Å². The fourth-order valence-electron chi connectivity index (χ4n) is 4.45. The second-order valence-electron chi connectivity index (χ2n) is 10.0. The molecule has 2 atom stereocenters. The molecule has 7 heteroatoms. The molecule has 1 N–H and O–H groups in total. The van der Waals surface area contributed by atoms with E-state index in [0.717, 1.165) is 25.1 Å². The Morgan fingerprint density at radius 1 is 1.10 bits per heavy atom. The molecule has 0 aromatic heterocycles. The standard InChI is InChI=1S/C23H40N2O4S/c1-23(2,3)14-20(26)24-19(22(28)29-4)16-30-15-18-11-8-12-25(18)21(27)13-17-9-6-5-7-10-17/h17-19H,5-16H2,1-4H3,(H,24,26)/t18-,19-/m0/s1. The lowest BCUT2D eigenvalue weighted by Gasteiger charge is -2.28. The first-order chi connectivity index (χ1) is 14.2. The third kappa shape index (κ3) is 8.48. The predicted molar refractivity (Wildman–Crippen MR) is 121 cm³/mol. The lowest BCUT2D eigenvalue weighted by Crippen LogP contribution is -2.44. The highest BCUT2D eigenvalue weighted by Crippen LogP contribution is 2.29. The van der Waals surface area contributed by atoms with Crippen molar-refractivity contribution in [3.05, 3.63) is 0 Å². The van der Waals surface area contributed by atoms with E-state index in [1.165, 1.54) is 39.2 Å². The van der Waals surface area contributed by atoms with E-state index in [-0.39, 0.29) is 17.4 Å². The Labute approximate surface area is 186 Å². The minimum Gasteiger partial charge on any atom is -0.467 e. The lowest BCUT2D eigenvalue weighted by atomic mass is 9.86. The largest absolute Gasteiger partial charge is 0.467 e. The van der Waals surface area contributed by atoms with E-state index in [1.807, 2.05) is 20.8 Å². The van der Waals surface area contributed by atoms with Crippen LogP contribution in [0.1, 0.15) is 78.6 Å². The molecule has 0 aromatic rings. The molecule has 30 heavy (non-hydrogen) atoms. The number of likely N-dealkylation sites (tertiary alicyclic amines) is 1. The van der Waals surface area contributed by atoms with Gasteiger partial charge in [0, 0.05) is 36.9 Å². The Bertz CT molecular complexity index is 584. The number of carbonyl (C=O) groups is 3. The molecule has 172 valence electrons. The van der Waals surface area contributed by atoms with Gasteiger partial charge in [0.25, 0.3) is 0 Å². The molecule has 0 unspecified atom stereocenters. The van der Waals surface area contributed by atoms with Gasteiger partial charge < -0.3 is 15.0 Å². The van der Waals surface area contributed by atoms with Gasteiger partial charge in [-0.2, -0.15) is 11.8 Å². The Morgan fingerprint density at radius 2 is 1.80 bits per heavy atom. The van der Waals surface area contributed by atoms with Crippen LogP contribution in [0.15, 0.2) is 0 Å². The van der Waals surface area contributed by atoms with Gasteiger partial charge in [0.05, 0.1) is 7.11 Å². The van der Waals surface area contributed by atoms with Gasteiger partial charge in [-0.1, -0.05) is 40.0 Å². The van der Waals surface area contributed by atoms with Crippen molar-refractivity contribution < 1.29 is 19.1 Å². The molecule has 1 aliphatic carbocycles. The SMILES string of the molecule is COC(=O)[C@H](CSC[C@@H]1CCCN1C(=O)CC1CCCCC1)NC(=O)CC(C)(C)C. The number of nitrogens with zero attached hydrogens (tertiary/aromatic N) is 1. The van der Waals surface area contributed by atoms with Crippen molar-refractivity contribution in [3.63, 3.8) is 0 Å². The summed E-state index contributed by atoms with van der Waals surface area (Å²) in [6.45, 7) is 6.83. The van der Waals surface area contributed by atoms with Gasteiger partial charge in [-0.05, 0) is 37.0 Å². The summed E-state index contributed by atoms with van der Waals surface area (Å²) in [6.07, 6.45) is 9.31. The number of amides is 2. The molecule has 2 fully saturated rings. The Kier molecular flexibility index (Phi) is 9.98. The number of thioether (sulfide) groups is 1. The Morgan fingerprint density at radius 3 is 2.43 bits per heavy atom. The fourth-order valence-corrected chi connectivity index (χ4v) is 5.66. The Hall–Kier alpha value is -1.24. The summed E-state index contributed by atoms with van der Waals surface area (Å²) in [5.41, 5.74) is -0.138. The highest BCUT2D eigenvalue weighted by Gasteiger charge is 2.31. The molecule has 1 aliphatic heterocycles. The second kappa shape index (κ2) is 12.0. The van der Waals surface area contributed by atoms with Crippen LogP contribution in [0.3, 0.4) is 0 Å². The predicted octanol–water partition coefficient (Wildman–Crippen LogP) is 3.78. The molecule has 1 saturated carbocycles. The third-order valence-electron chi connectivity index (χ3n) is 5.99.